The number of esters is 1. The number of carbonyl (C=O) groups excluding carboxylic acids is 2. The molecule has 7 heteroatoms. The predicted molar refractivity (Wildman–Crippen MR) is 94.4 cm³/mol. The molecule has 2 rings (SSSR count). The van der Waals surface area contributed by atoms with Crippen LogP contribution < -0.4 is 0 Å². The SMILES string of the molecule is CN(C)C(=O)C(OC(=O)/C=C/c1cccc(C(F)(F)F)c1)c1ccccc1. The molecule has 0 fully saturated rings. The van der Waals surface area contributed by atoms with Crippen LogP contribution in [0.1, 0.15) is 22.8 Å². The second-order valence-corrected chi connectivity index (χ2v) is 5.92. The van der Waals surface area contributed by atoms with Crippen LogP contribution in [0.25, 0.3) is 6.08 Å². The van der Waals surface area contributed by atoms with Crippen molar-refractivity contribution in [2.75, 3.05) is 14.1 Å². The number of benzene rings is 2. The van der Waals surface area contributed by atoms with Crippen LogP contribution in [0.5, 0.6) is 0 Å². The Hall–Kier alpha value is -3.09. The van der Waals surface area contributed by atoms with E-state index in [1.165, 1.54) is 37.2 Å². The molecule has 0 heterocycles. The monoisotopic (exact) mass is 377 g/mol. The van der Waals surface area contributed by atoms with E-state index in [1.807, 2.05) is 0 Å². The topological polar surface area (TPSA) is 46.6 Å². The maximum Gasteiger partial charge on any atom is 0.416 e. The smallest absolute Gasteiger partial charge is 0.416 e. The van der Waals surface area contributed by atoms with Crippen LogP contribution in [0.4, 0.5) is 13.2 Å². The molecule has 2 aromatic carbocycles. The average Bonchev–Trinajstić information content (AvgIpc) is 2.64. The molecular formula is C20H18F3NO3. The van der Waals surface area contributed by atoms with Crippen LogP contribution in [0.15, 0.2) is 60.7 Å². The number of likely N-dealkylation sites (N-methyl/N-ethyl adjacent to an activating group) is 1. The fraction of sp³-hybridized carbons (Fsp3) is 0.200. The molecule has 0 aromatic heterocycles. The van der Waals surface area contributed by atoms with E-state index in [4.69, 9.17) is 4.74 Å². The van der Waals surface area contributed by atoms with Gasteiger partial charge in [-0.15, -0.1) is 0 Å². The highest BCUT2D eigenvalue weighted by molar-refractivity contribution is 5.90. The summed E-state index contributed by atoms with van der Waals surface area (Å²) in [5.74, 6) is -1.27. The lowest BCUT2D eigenvalue weighted by Crippen LogP contribution is -2.30. The van der Waals surface area contributed by atoms with Crippen molar-refractivity contribution in [3.63, 3.8) is 0 Å². The number of ether oxygens (including phenoxy) is 1. The molecule has 0 aliphatic carbocycles. The van der Waals surface area contributed by atoms with E-state index in [-0.39, 0.29) is 5.56 Å². The van der Waals surface area contributed by atoms with Crippen LogP contribution >= 0.6 is 0 Å². The van der Waals surface area contributed by atoms with Gasteiger partial charge in [-0.1, -0.05) is 42.5 Å². The molecule has 0 aliphatic rings. The number of hydrogen-bond donors (Lipinski definition) is 0. The van der Waals surface area contributed by atoms with Crippen molar-refractivity contribution in [1.29, 1.82) is 0 Å². The molecule has 0 bridgehead atoms. The number of carbonyl (C=O) groups is 2. The minimum Gasteiger partial charge on any atom is -0.444 e. The number of halogens is 3. The van der Waals surface area contributed by atoms with Crippen molar-refractivity contribution >= 4 is 18.0 Å². The summed E-state index contributed by atoms with van der Waals surface area (Å²) in [6, 6.07) is 13.0. The molecule has 27 heavy (non-hydrogen) atoms. The van der Waals surface area contributed by atoms with E-state index in [1.54, 1.807) is 30.3 Å². The fourth-order valence-corrected chi connectivity index (χ4v) is 2.26. The van der Waals surface area contributed by atoms with Crippen LogP contribution in [0.2, 0.25) is 0 Å². The summed E-state index contributed by atoms with van der Waals surface area (Å²) in [4.78, 5) is 25.7. The summed E-state index contributed by atoms with van der Waals surface area (Å²) in [7, 11) is 3.06. The maximum atomic E-state index is 12.7. The van der Waals surface area contributed by atoms with Crippen molar-refractivity contribution in [1.82, 2.24) is 4.90 Å². The molecule has 1 unspecified atom stereocenters. The lowest BCUT2D eigenvalue weighted by atomic mass is 10.1. The third kappa shape index (κ3) is 5.70. The Bertz CT molecular complexity index is 830. The summed E-state index contributed by atoms with van der Waals surface area (Å²) in [5, 5.41) is 0. The van der Waals surface area contributed by atoms with E-state index in [0.717, 1.165) is 18.2 Å². The van der Waals surface area contributed by atoms with Crippen molar-refractivity contribution in [2.45, 2.75) is 12.3 Å². The normalized spacial score (nSPS) is 12.6. The van der Waals surface area contributed by atoms with Gasteiger partial charge in [0.05, 0.1) is 5.56 Å². The summed E-state index contributed by atoms with van der Waals surface area (Å²) in [6.07, 6.45) is -3.41. The average molecular weight is 377 g/mol. The number of hydrogen-bond acceptors (Lipinski definition) is 3. The number of alkyl halides is 3. The first kappa shape index (κ1) is 20.2. The van der Waals surface area contributed by atoms with Crippen molar-refractivity contribution in [3.05, 3.63) is 77.4 Å². The Morgan fingerprint density at radius 3 is 2.30 bits per heavy atom. The maximum absolute atomic E-state index is 12.7. The van der Waals surface area contributed by atoms with Gasteiger partial charge >= 0.3 is 12.1 Å². The molecule has 0 N–H and O–H groups in total. The van der Waals surface area contributed by atoms with Gasteiger partial charge in [-0.05, 0) is 23.8 Å². The molecule has 1 atom stereocenters. The van der Waals surface area contributed by atoms with Gasteiger partial charge in [-0.3, -0.25) is 4.79 Å². The molecule has 2 aromatic rings. The minimum atomic E-state index is -4.47. The van der Waals surface area contributed by atoms with Gasteiger partial charge in [0, 0.05) is 25.7 Å². The predicted octanol–water partition coefficient (Wildman–Crippen LogP) is 4.09. The van der Waals surface area contributed by atoms with Crippen molar-refractivity contribution < 1.29 is 27.5 Å². The molecule has 0 spiro atoms. The first-order chi connectivity index (χ1) is 12.7. The van der Waals surface area contributed by atoms with E-state index < -0.39 is 29.7 Å². The second kappa shape index (κ2) is 8.53. The van der Waals surface area contributed by atoms with Gasteiger partial charge in [0.2, 0.25) is 6.10 Å². The highest BCUT2D eigenvalue weighted by Crippen LogP contribution is 2.29. The van der Waals surface area contributed by atoms with Crippen molar-refractivity contribution in [3.8, 4) is 0 Å². The number of nitrogens with zero attached hydrogens (tertiary/aromatic N) is 1. The lowest BCUT2D eigenvalue weighted by molar-refractivity contribution is -0.155. The second-order valence-electron chi connectivity index (χ2n) is 5.92. The zero-order chi connectivity index (χ0) is 20.0. The molecule has 0 saturated heterocycles. The summed E-state index contributed by atoms with van der Waals surface area (Å²) in [5.41, 5.74) is -0.128. The Balaban J connectivity index is 2.16. The fourth-order valence-electron chi connectivity index (χ4n) is 2.26. The van der Waals surface area contributed by atoms with Crippen LogP contribution in [-0.2, 0) is 20.5 Å². The molecule has 1 amide bonds. The molecule has 0 aliphatic heterocycles. The molecular weight excluding hydrogens is 359 g/mol. The van der Waals surface area contributed by atoms with Crippen LogP contribution in [-0.4, -0.2) is 30.9 Å². The zero-order valence-electron chi connectivity index (χ0n) is 14.7. The van der Waals surface area contributed by atoms with E-state index in [9.17, 15) is 22.8 Å². The summed E-state index contributed by atoms with van der Waals surface area (Å²) < 4.78 is 43.4. The van der Waals surface area contributed by atoms with Crippen LogP contribution in [0, 0.1) is 0 Å². The number of amides is 1. The Morgan fingerprint density at radius 2 is 1.70 bits per heavy atom. The van der Waals surface area contributed by atoms with Gasteiger partial charge in [0.25, 0.3) is 5.91 Å². The van der Waals surface area contributed by atoms with Gasteiger partial charge in [0.1, 0.15) is 0 Å². The first-order valence-electron chi connectivity index (χ1n) is 8.00. The third-order valence-corrected chi connectivity index (χ3v) is 3.63. The quantitative estimate of drug-likeness (QED) is 0.582. The van der Waals surface area contributed by atoms with Gasteiger partial charge in [-0.2, -0.15) is 13.2 Å². The molecule has 4 nitrogen and oxygen atoms in total. The van der Waals surface area contributed by atoms with Gasteiger partial charge in [0.15, 0.2) is 0 Å². The van der Waals surface area contributed by atoms with E-state index >= 15 is 0 Å². The Kier molecular flexibility index (Phi) is 6.39. The van der Waals surface area contributed by atoms with Crippen LogP contribution in [0.3, 0.4) is 0 Å². The Labute approximate surface area is 154 Å². The third-order valence-electron chi connectivity index (χ3n) is 3.63. The molecule has 0 saturated carbocycles. The minimum absolute atomic E-state index is 0.192. The number of rotatable bonds is 5. The lowest BCUT2D eigenvalue weighted by Gasteiger charge is -2.20. The highest BCUT2D eigenvalue weighted by Gasteiger charge is 2.30. The highest BCUT2D eigenvalue weighted by atomic mass is 19.4. The van der Waals surface area contributed by atoms with Crippen molar-refractivity contribution in [2.24, 2.45) is 0 Å². The standard InChI is InChI=1S/C20H18F3NO3/c1-24(2)19(26)18(15-8-4-3-5-9-15)27-17(25)12-11-14-7-6-10-16(13-14)20(21,22)23/h3-13,18H,1-2H3/b12-11+. The van der Waals surface area contributed by atoms with E-state index in [0.29, 0.717) is 5.56 Å². The van der Waals surface area contributed by atoms with E-state index in [2.05, 4.69) is 0 Å². The van der Waals surface area contributed by atoms with Gasteiger partial charge < -0.3 is 9.64 Å². The molecule has 142 valence electrons. The van der Waals surface area contributed by atoms with Gasteiger partial charge in [-0.25, -0.2) is 4.79 Å². The first-order valence-corrected chi connectivity index (χ1v) is 8.00. The Morgan fingerprint density at radius 1 is 1.04 bits per heavy atom. The zero-order valence-corrected chi connectivity index (χ0v) is 14.7. The summed E-state index contributed by atoms with van der Waals surface area (Å²) >= 11 is 0. The largest absolute Gasteiger partial charge is 0.444 e. The molecule has 0 radical (unpaired) electrons. The summed E-state index contributed by atoms with van der Waals surface area (Å²) in [6.45, 7) is 0.